The second-order valence-corrected chi connectivity index (χ2v) is 6.49. The number of rotatable bonds is 10. The highest BCUT2D eigenvalue weighted by Crippen LogP contribution is 2.11. The largest absolute Gasteiger partial charge is 0.351 e. The molecule has 0 aromatic carbocycles. The first-order valence-corrected chi connectivity index (χ1v) is 8.20. The maximum absolute atomic E-state index is 11.7. The molecule has 3 nitrogen and oxygen atoms in total. The van der Waals surface area contributed by atoms with Crippen molar-refractivity contribution in [3.63, 3.8) is 0 Å². The average Bonchev–Trinajstić information content (AvgIpc) is 2.37. The molecule has 0 radical (unpaired) electrons. The maximum Gasteiger partial charge on any atom is 0.243 e. The zero-order valence-electron chi connectivity index (χ0n) is 15.3. The van der Waals surface area contributed by atoms with Gasteiger partial charge in [0.2, 0.25) is 5.91 Å². The van der Waals surface area contributed by atoms with E-state index in [1.54, 1.807) is 6.08 Å². The Labute approximate surface area is 137 Å². The Balaban J connectivity index is 4.00. The van der Waals surface area contributed by atoms with Gasteiger partial charge < -0.3 is 10.2 Å². The molecule has 0 bridgehead atoms. The van der Waals surface area contributed by atoms with Crippen LogP contribution in [0.15, 0.2) is 34.9 Å². The summed E-state index contributed by atoms with van der Waals surface area (Å²) in [4.78, 5) is 13.8. The molecule has 1 amide bonds. The molecule has 0 atom stereocenters. The third-order valence-electron chi connectivity index (χ3n) is 3.36. The number of carbonyl (C=O) groups excluding carboxylic acids is 1. The third kappa shape index (κ3) is 13.6. The fourth-order valence-corrected chi connectivity index (χ4v) is 1.99. The number of hydrogen-bond donors (Lipinski definition) is 1. The normalized spacial score (nSPS) is 12.5. The van der Waals surface area contributed by atoms with Crippen molar-refractivity contribution in [2.75, 3.05) is 27.2 Å². The molecule has 0 aliphatic rings. The van der Waals surface area contributed by atoms with Gasteiger partial charge in [0.1, 0.15) is 0 Å². The van der Waals surface area contributed by atoms with Gasteiger partial charge in [-0.1, -0.05) is 28.9 Å². The smallest absolute Gasteiger partial charge is 0.243 e. The number of likely N-dealkylation sites (N-methyl/N-ethyl adjacent to an activating group) is 1. The van der Waals surface area contributed by atoms with Crippen molar-refractivity contribution < 1.29 is 4.79 Å². The van der Waals surface area contributed by atoms with Crippen LogP contribution in [0.25, 0.3) is 0 Å². The van der Waals surface area contributed by atoms with Gasteiger partial charge in [0.05, 0.1) is 0 Å². The summed E-state index contributed by atoms with van der Waals surface area (Å²) in [7, 11) is 4.00. The zero-order chi connectivity index (χ0) is 17.0. The molecule has 0 saturated carbocycles. The molecule has 0 aliphatic heterocycles. The van der Waals surface area contributed by atoms with Gasteiger partial charge in [-0.2, -0.15) is 0 Å². The Morgan fingerprint density at radius 3 is 2.14 bits per heavy atom. The van der Waals surface area contributed by atoms with Crippen molar-refractivity contribution >= 4 is 5.91 Å². The molecule has 22 heavy (non-hydrogen) atoms. The first-order valence-electron chi connectivity index (χ1n) is 8.20. The molecule has 1 N–H and O–H groups in total. The van der Waals surface area contributed by atoms with E-state index in [0.717, 1.165) is 37.8 Å². The first kappa shape index (κ1) is 20.6. The molecule has 126 valence electrons. The number of nitrogens with one attached hydrogen (secondary N) is 1. The second-order valence-electron chi connectivity index (χ2n) is 6.49. The van der Waals surface area contributed by atoms with Crippen LogP contribution in [0.1, 0.15) is 53.4 Å². The van der Waals surface area contributed by atoms with Crippen molar-refractivity contribution in [3.05, 3.63) is 34.9 Å². The van der Waals surface area contributed by atoms with Crippen molar-refractivity contribution in [2.45, 2.75) is 53.4 Å². The van der Waals surface area contributed by atoms with Gasteiger partial charge in [-0.05, 0) is 67.5 Å². The lowest BCUT2D eigenvalue weighted by molar-refractivity contribution is -0.116. The summed E-state index contributed by atoms with van der Waals surface area (Å²) in [6.07, 6.45) is 10.5. The highest BCUT2D eigenvalue weighted by molar-refractivity contribution is 5.88. The molecule has 3 heteroatoms. The summed E-state index contributed by atoms with van der Waals surface area (Å²) in [5, 5.41) is 2.90. The molecular weight excluding hydrogens is 272 g/mol. The second kappa shape index (κ2) is 12.2. The van der Waals surface area contributed by atoms with Crippen LogP contribution in [-0.4, -0.2) is 38.0 Å². The summed E-state index contributed by atoms with van der Waals surface area (Å²) >= 11 is 0. The standard InChI is InChI=1S/C19H34N2O/c1-16(2)9-7-10-17(3)11-8-12-18(4)15-19(22)20-13-14-21(5)6/h9,11,15H,7-8,10,12-14H2,1-6H3,(H,20,22)/b17-11+,18-15+. The third-order valence-corrected chi connectivity index (χ3v) is 3.36. The van der Waals surface area contributed by atoms with Gasteiger partial charge in [0, 0.05) is 19.2 Å². The quantitative estimate of drug-likeness (QED) is 0.487. The van der Waals surface area contributed by atoms with E-state index in [4.69, 9.17) is 0 Å². The number of amides is 1. The lowest BCUT2D eigenvalue weighted by atomic mass is 10.1. The van der Waals surface area contributed by atoms with Gasteiger partial charge >= 0.3 is 0 Å². The van der Waals surface area contributed by atoms with Crippen LogP contribution >= 0.6 is 0 Å². The van der Waals surface area contributed by atoms with Gasteiger partial charge in [0.15, 0.2) is 0 Å². The van der Waals surface area contributed by atoms with E-state index in [0.29, 0.717) is 6.54 Å². The Morgan fingerprint density at radius 1 is 0.955 bits per heavy atom. The van der Waals surface area contributed by atoms with Gasteiger partial charge in [-0.3, -0.25) is 4.79 Å². The monoisotopic (exact) mass is 306 g/mol. The lowest BCUT2D eigenvalue weighted by Gasteiger charge is -2.09. The van der Waals surface area contributed by atoms with Crippen molar-refractivity contribution in [1.29, 1.82) is 0 Å². The molecule has 0 heterocycles. The van der Waals surface area contributed by atoms with Crippen LogP contribution in [0.3, 0.4) is 0 Å². The Kier molecular flexibility index (Phi) is 11.5. The summed E-state index contributed by atoms with van der Waals surface area (Å²) in [5.74, 6) is 0.0172. The molecule has 0 spiro atoms. The minimum atomic E-state index is 0.0172. The van der Waals surface area contributed by atoms with Gasteiger partial charge in [0.25, 0.3) is 0 Å². The predicted octanol–water partition coefficient (Wildman–Crippen LogP) is 4.08. The summed E-state index contributed by atoms with van der Waals surface area (Å²) in [6.45, 7) is 10.0. The van der Waals surface area contributed by atoms with Crippen molar-refractivity contribution in [3.8, 4) is 0 Å². The summed E-state index contributed by atoms with van der Waals surface area (Å²) < 4.78 is 0. The number of allylic oxidation sites excluding steroid dienone is 5. The first-order chi connectivity index (χ1) is 10.3. The minimum Gasteiger partial charge on any atom is -0.351 e. The fraction of sp³-hybridized carbons (Fsp3) is 0.632. The lowest BCUT2D eigenvalue weighted by Crippen LogP contribution is -2.30. The minimum absolute atomic E-state index is 0.0172. The van der Waals surface area contributed by atoms with Crippen molar-refractivity contribution in [2.24, 2.45) is 0 Å². The van der Waals surface area contributed by atoms with Crippen LogP contribution in [0.2, 0.25) is 0 Å². The number of carbonyl (C=O) groups is 1. The number of nitrogens with zero attached hydrogens (tertiary/aromatic N) is 1. The van der Waals surface area contributed by atoms with Crippen LogP contribution in [-0.2, 0) is 4.79 Å². The van der Waals surface area contributed by atoms with E-state index >= 15 is 0 Å². The summed E-state index contributed by atoms with van der Waals surface area (Å²) in [5.41, 5.74) is 3.95. The van der Waals surface area contributed by atoms with E-state index in [1.165, 1.54) is 11.1 Å². The van der Waals surface area contributed by atoms with E-state index < -0.39 is 0 Å². The maximum atomic E-state index is 11.7. The van der Waals surface area contributed by atoms with E-state index in [-0.39, 0.29) is 5.91 Å². The average molecular weight is 306 g/mol. The molecule has 0 aromatic heterocycles. The predicted molar refractivity (Wildman–Crippen MR) is 97.0 cm³/mol. The number of hydrogen-bond acceptors (Lipinski definition) is 2. The molecule has 0 unspecified atom stereocenters. The molecule has 0 fully saturated rings. The van der Waals surface area contributed by atoms with E-state index in [9.17, 15) is 4.79 Å². The fourth-order valence-electron chi connectivity index (χ4n) is 1.99. The van der Waals surface area contributed by atoms with Crippen LogP contribution < -0.4 is 5.32 Å². The van der Waals surface area contributed by atoms with Gasteiger partial charge in [-0.25, -0.2) is 0 Å². The Bertz CT molecular complexity index is 413. The van der Waals surface area contributed by atoms with Crippen LogP contribution in [0.4, 0.5) is 0 Å². The molecule has 0 aliphatic carbocycles. The highest BCUT2D eigenvalue weighted by Gasteiger charge is 1.98. The molecular formula is C19H34N2O. The zero-order valence-corrected chi connectivity index (χ0v) is 15.3. The van der Waals surface area contributed by atoms with E-state index in [1.807, 2.05) is 21.0 Å². The topological polar surface area (TPSA) is 32.3 Å². The molecule has 0 saturated heterocycles. The van der Waals surface area contributed by atoms with Crippen molar-refractivity contribution in [1.82, 2.24) is 10.2 Å². The van der Waals surface area contributed by atoms with Gasteiger partial charge in [-0.15, -0.1) is 0 Å². The Hall–Kier alpha value is -1.35. The summed E-state index contributed by atoms with van der Waals surface area (Å²) in [6, 6.07) is 0. The molecule has 0 aromatic rings. The molecule has 0 rings (SSSR count). The highest BCUT2D eigenvalue weighted by atomic mass is 16.1. The van der Waals surface area contributed by atoms with E-state index in [2.05, 4.69) is 43.1 Å². The van der Waals surface area contributed by atoms with Crippen LogP contribution in [0, 0.1) is 0 Å². The Morgan fingerprint density at radius 2 is 1.55 bits per heavy atom. The SMILES string of the molecule is CC(C)=CCC/C(C)=C/CC/C(C)=C/C(=O)NCCN(C)C. The van der Waals surface area contributed by atoms with Crippen LogP contribution in [0.5, 0.6) is 0 Å².